The molecule has 0 saturated heterocycles. The van der Waals surface area contributed by atoms with Gasteiger partial charge in [0.1, 0.15) is 5.75 Å². The number of anilines is 1. The third-order valence-electron chi connectivity index (χ3n) is 4.40. The van der Waals surface area contributed by atoms with Gasteiger partial charge in [0.25, 0.3) is 5.91 Å². The van der Waals surface area contributed by atoms with Gasteiger partial charge in [-0.05, 0) is 55.3 Å². The Morgan fingerprint density at radius 3 is 2.44 bits per heavy atom. The number of carbonyl (C=O) groups excluding carboxylic acids is 1. The molecular weight excluding hydrogens is 318 g/mol. The molecule has 1 aromatic heterocycles. The normalized spacial score (nSPS) is 10.9. The molecule has 1 N–H and O–H groups in total. The summed E-state index contributed by atoms with van der Waals surface area (Å²) in [5, 5.41) is 2.80. The third kappa shape index (κ3) is 3.28. The molecule has 0 radical (unpaired) electrons. The second kappa shape index (κ2) is 6.47. The van der Waals surface area contributed by atoms with Gasteiger partial charge in [0, 0.05) is 19.8 Å². The molecule has 0 spiro atoms. The van der Waals surface area contributed by atoms with Crippen LogP contribution in [0.3, 0.4) is 0 Å². The number of hydrogen-bond donors (Lipinski definition) is 1. The number of imidazole rings is 1. The average Bonchev–Trinajstić information content (AvgIpc) is 2.80. The molecule has 0 aliphatic heterocycles. The van der Waals surface area contributed by atoms with Crippen LogP contribution in [-0.2, 0) is 18.9 Å². The van der Waals surface area contributed by atoms with Crippen LogP contribution in [0.2, 0.25) is 0 Å². The first-order chi connectivity index (χ1) is 11.9. The summed E-state index contributed by atoms with van der Waals surface area (Å²) in [4.78, 5) is 24.1. The summed E-state index contributed by atoms with van der Waals surface area (Å²) < 4.78 is 8.66. The zero-order valence-corrected chi connectivity index (χ0v) is 14.8. The molecule has 0 bridgehead atoms. The maximum atomic E-state index is 12.1. The molecule has 0 saturated carbocycles. The summed E-state index contributed by atoms with van der Waals surface area (Å²) in [7, 11) is 3.43. The molecule has 2 aromatic carbocycles. The first-order valence-electron chi connectivity index (χ1n) is 8.02. The topological polar surface area (TPSA) is 65.3 Å². The molecule has 1 amide bonds. The van der Waals surface area contributed by atoms with Crippen molar-refractivity contribution in [3.05, 3.63) is 58.0 Å². The maximum absolute atomic E-state index is 12.1. The molecule has 3 rings (SSSR count). The van der Waals surface area contributed by atoms with Crippen molar-refractivity contribution in [1.82, 2.24) is 9.13 Å². The van der Waals surface area contributed by atoms with Crippen LogP contribution in [0.15, 0.2) is 41.2 Å². The number of aromatic nitrogens is 2. The first kappa shape index (κ1) is 16.8. The monoisotopic (exact) mass is 339 g/mol. The highest BCUT2D eigenvalue weighted by Gasteiger charge is 2.10. The Labute approximate surface area is 145 Å². The summed E-state index contributed by atoms with van der Waals surface area (Å²) in [5.74, 6) is 0.415. The van der Waals surface area contributed by atoms with Crippen LogP contribution in [0.4, 0.5) is 5.69 Å². The molecule has 25 heavy (non-hydrogen) atoms. The maximum Gasteiger partial charge on any atom is 0.328 e. The molecule has 3 aromatic rings. The number of ether oxygens (including phenoxy) is 1. The number of benzene rings is 2. The van der Waals surface area contributed by atoms with E-state index in [4.69, 9.17) is 4.74 Å². The smallest absolute Gasteiger partial charge is 0.328 e. The van der Waals surface area contributed by atoms with Gasteiger partial charge in [-0.25, -0.2) is 4.79 Å². The van der Waals surface area contributed by atoms with Crippen molar-refractivity contribution in [2.45, 2.75) is 13.8 Å². The van der Waals surface area contributed by atoms with E-state index in [1.165, 1.54) is 5.56 Å². The summed E-state index contributed by atoms with van der Waals surface area (Å²) in [6.45, 7) is 3.95. The zero-order valence-electron chi connectivity index (χ0n) is 14.8. The molecule has 130 valence electrons. The SMILES string of the molecule is Cc1ccc(OCC(=O)Nc2ccc3c(c2)n(C)c(=O)n3C)cc1C. The Morgan fingerprint density at radius 1 is 1.00 bits per heavy atom. The van der Waals surface area contributed by atoms with E-state index in [0.29, 0.717) is 11.4 Å². The first-order valence-corrected chi connectivity index (χ1v) is 8.02. The highest BCUT2D eigenvalue weighted by Crippen LogP contribution is 2.18. The number of aryl methyl sites for hydroxylation is 4. The number of hydrogen-bond acceptors (Lipinski definition) is 3. The second-order valence-corrected chi connectivity index (χ2v) is 6.19. The largest absolute Gasteiger partial charge is 0.484 e. The molecular formula is C19H21N3O3. The van der Waals surface area contributed by atoms with E-state index in [-0.39, 0.29) is 18.2 Å². The van der Waals surface area contributed by atoms with E-state index in [9.17, 15) is 9.59 Å². The van der Waals surface area contributed by atoms with E-state index >= 15 is 0 Å². The Bertz CT molecular complexity index is 1010. The molecule has 0 atom stereocenters. The van der Waals surface area contributed by atoms with Crippen LogP contribution in [0.1, 0.15) is 11.1 Å². The fourth-order valence-electron chi connectivity index (χ4n) is 2.73. The minimum atomic E-state index is -0.251. The highest BCUT2D eigenvalue weighted by atomic mass is 16.5. The number of nitrogens with one attached hydrogen (secondary N) is 1. The number of amides is 1. The van der Waals surface area contributed by atoms with Crippen molar-refractivity contribution in [2.24, 2.45) is 14.1 Å². The zero-order chi connectivity index (χ0) is 18.1. The van der Waals surface area contributed by atoms with Crippen molar-refractivity contribution >= 4 is 22.6 Å². The number of nitrogens with zero attached hydrogens (tertiary/aromatic N) is 2. The highest BCUT2D eigenvalue weighted by molar-refractivity contribution is 5.94. The lowest BCUT2D eigenvalue weighted by Crippen LogP contribution is -2.20. The van der Waals surface area contributed by atoms with Gasteiger partial charge in [0.15, 0.2) is 6.61 Å². The Morgan fingerprint density at radius 2 is 1.72 bits per heavy atom. The summed E-state index contributed by atoms with van der Waals surface area (Å²) >= 11 is 0. The van der Waals surface area contributed by atoms with Crippen LogP contribution in [0.5, 0.6) is 5.75 Å². The lowest BCUT2D eigenvalue weighted by Gasteiger charge is -2.09. The summed E-state index contributed by atoms with van der Waals surface area (Å²) in [6.07, 6.45) is 0. The van der Waals surface area contributed by atoms with E-state index in [2.05, 4.69) is 5.32 Å². The predicted molar refractivity (Wildman–Crippen MR) is 98.2 cm³/mol. The average molecular weight is 339 g/mol. The molecule has 0 aliphatic carbocycles. The van der Waals surface area contributed by atoms with Gasteiger partial charge in [-0.3, -0.25) is 13.9 Å². The van der Waals surface area contributed by atoms with Crippen LogP contribution < -0.4 is 15.7 Å². The van der Waals surface area contributed by atoms with Gasteiger partial charge >= 0.3 is 5.69 Å². The van der Waals surface area contributed by atoms with Crippen molar-refractivity contribution < 1.29 is 9.53 Å². The minimum absolute atomic E-state index is 0.0751. The predicted octanol–water partition coefficient (Wildman–Crippen LogP) is 2.51. The van der Waals surface area contributed by atoms with Crippen molar-refractivity contribution in [2.75, 3.05) is 11.9 Å². The quantitative estimate of drug-likeness (QED) is 0.794. The molecule has 6 heteroatoms. The van der Waals surface area contributed by atoms with Gasteiger partial charge in [-0.1, -0.05) is 6.07 Å². The van der Waals surface area contributed by atoms with E-state index < -0.39 is 0 Å². The van der Waals surface area contributed by atoms with E-state index in [1.807, 2.05) is 38.1 Å². The number of carbonyl (C=O) groups is 1. The number of fused-ring (bicyclic) bond motifs is 1. The van der Waals surface area contributed by atoms with Gasteiger partial charge in [0.05, 0.1) is 11.0 Å². The fourth-order valence-corrected chi connectivity index (χ4v) is 2.73. The second-order valence-electron chi connectivity index (χ2n) is 6.19. The molecule has 0 aliphatic rings. The lowest BCUT2D eigenvalue weighted by molar-refractivity contribution is -0.118. The van der Waals surface area contributed by atoms with Crippen molar-refractivity contribution in [3.8, 4) is 5.75 Å². The van der Waals surface area contributed by atoms with Crippen LogP contribution in [0, 0.1) is 13.8 Å². The molecule has 6 nitrogen and oxygen atoms in total. The summed E-state index contributed by atoms with van der Waals surface area (Å²) in [5.41, 5.74) is 4.41. The summed E-state index contributed by atoms with van der Waals surface area (Å²) in [6, 6.07) is 11.1. The third-order valence-corrected chi connectivity index (χ3v) is 4.40. The number of rotatable bonds is 4. The van der Waals surface area contributed by atoms with Crippen molar-refractivity contribution in [3.63, 3.8) is 0 Å². The lowest BCUT2D eigenvalue weighted by atomic mass is 10.1. The van der Waals surface area contributed by atoms with Crippen LogP contribution >= 0.6 is 0 Å². The minimum Gasteiger partial charge on any atom is -0.484 e. The van der Waals surface area contributed by atoms with Gasteiger partial charge in [-0.15, -0.1) is 0 Å². The van der Waals surface area contributed by atoms with Crippen LogP contribution in [-0.4, -0.2) is 21.6 Å². The van der Waals surface area contributed by atoms with Gasteiger partial charge in [-0.2, -0.15) is 0 Å². The van der Waals surface area contributed by atoms with E-state index in [0.717, 1.165) is 16.6 Å². The Hall–Kier alpha value is -3.02. The Balaban J connectivity index is 1.70. The van der Waals surface area contributed by atoms with Crippen LogP contribution in [0.25, 0.3) is 11.0 Å². The van der Waals surface area contributed by atoms with Gasteiger partial charge < -0.3 is 10.1 Å². The standard InChI is InChI=1S/C19H21N3O3/c1-12-5-7-15(9-13(12)2)25-11-18(23)20-14-6-8-16-17(10-14)22(4)19(24)21(16)3/h5-10H,11H2,1-4H3,(H,20,23). The van der Waals surface area contributed by atoms with Gasteiger partial charge in [0.2, 0.25) is 0 Å². The molecule has 1 heterocycles. The van der Waals surface area contributed by atoms with E-state index in [1.54, 1.807) is 35.4 Å². The fraction of sp³-hybridized carbons (Fsp3) is 0.263. The molecule has 0 fully saturated rings. The van der Waals surface area contributed by atoms with Crippen molar-refractivity contribution in [1.29, 1.82) is 0 Å². The Kier molecular flexibility index (Phi) is 4.35. The molecule has 0 unspecified atom stereocenters.